The largest absolute Gasteiger partial charge is 0.495 e. The Kier molecular flexibility index (Phi) is 5.65. The van der Waals surface area contributed by atoms with Gasteiger partial charge >= 0.3 is 5.97 Å². The molecule has 9 nitrogen and oxygen atoms in total. The van der Waals surface area contributed by atoms with Gasteiger partial charge in [-0.2, -0.15) is 0 Å². The molecule has 1 aromatic rings. The Bertz CT molecular complexity index is 776. The first-order chi connectivity index (χ1) is 11.7. The number of carbonyl (C=O) groups excluding carboxylic acids is 1. The van der Waals surface area contributed by atoms with E-state index >= 15 is 0 Å². The van der Waals surface area contributed by atoms with Gasteiger partial charge in [0.1, 0.15) is 10.6 Å². The minimum absolute atomic E-state index is 0.0989. The lowest BCUT2D eigenvalue weighted by Gasteiger charge is -2.31. The lowest BCUT2D eigenvalue weighted by Crippen LogP contribution is -2.48. The molecule has 0 saturated carbocycles. The zero-order valence-electron chi connectivity index (χ0n) is 14.1. The van der Waals surface area contributed by atoms with Crippen molar-refractivity contribution in [1.29, 1.82) is 0 Å². The molecular weight excluding hydrogens is 352 g/mol. The second-order valence-electron chi connectivity index (χ2n) is 5.60. The Labute approximate surface area is 145 Å². The van der Waals surface area contributed by atoms with E-state index in [1.807, 2.05) is 0 Å². The summed E-state index contributed by atoms with van der Waals surface area (Å²) in [4.78, 5) is 24.9. The molecule has 10 heteroatoms. The van der Waals surface area contributed by atoms with Gasteiger partial charge in [0.05, 0.1) is 20.3 Å². The molecule has 1 aliphatic heterocycles. The molecule has 1 atom stereocenters. The van der Waals surface area contributed by atoms with E-state index in [9.17, 15) is 18.0 Å². The molecule has 25 heavy (non-hydrogen) atoms. The van der Waals surface area contributed by atoms with Gasteiger partial charge in [-0.05, 0) is 18.2 Å². The highest BCUT2D eigenvalue weighted by atomic mass is 32.2. The number of amides is 1. The summed E-state index contributed by atoms with van der Waals surface area (Å²) in [6.45, 7) is 0.224. The van der Waals surface area contributed by atoms with Crippen molar-refractivity contribution in [2.45, 2.75) is 11.0 Å². The first-order valence-corrected chi connectivity index (χ1v) is 8.86. The fourth-order valence-corrected chi connectivity index (χ4v) is 3.45. The molecule has 1 saturated heterocycles. The van der Waals surface area contributed by atoms with Gasteiger partial charge in [0.15, 0.2) is 6.10 Å². The fraction of sp³-hybridized carbons (Fsp3) is 0.467. The van der Waals surface area contributed by atoms with Gasteiger partial charge in [0, 0.05) is 26.2 Å². The summed E-state index contributed by atoms with van der Waals surface area (Å²) in [5.74, 6) is -1.49. The zero-order valence-corrected chi connectivity index (χ0v) is 14.9. The molecule has 0 bridgehead atoms. The molecule has 2 rings (SSSR count). The molecule has 0 spiro atoms. The number of rotatable bonds is 5. The van der Waals surface area contributed by atoms with Crippen LogP contribution in [0.15, 0.2) is 23.1 Å². The number of nitrogens with zero attached hydrogens (tertiary/aromatic N) is 2. The van der Waals surface area contributed by atoms with Crippen LogP contribution in [0.2, 0.25) is 0 Å². The van der Waals surface area contributed by atoms with Crippen molar-refractivity contribution in [3.63, 3.8) is 0 Å². The van der Waals surface area contributed by atoms with E-state index in [-0.39, 0.29) is 35.9 Å². The maximum absolute atomic E-state index is 12.6. The Hall–Kier alpha value is -2.17. The van der Waals surface area contributed by atoms with Gasteiger partial charge in [0.2, 0.25) is 10.0 Å². The smallest absolute Gasteiger partial charge is 0.334 e. The molecule has 0 aromatic heterocycles. The van der Waals surface area contributed by atoms with Crippen molar-refractivity contribution in [2.75, 3.05) is 40.9 Å². The number of methoxy groups -OCH3 is 1. The molecule has 1 N–H and O–H groups in total. The number of sulfonamides is 1. The van der Waals surface area contributed by atoms with Gasteiger partial charge in [-0.1, -0.05) is 0 Å². The van der Waals surface area contributed by atoms with Crippen LogP contribution in [0.4, 0.5) is 0 Å². The quantitative estimate of drug-likeness (QED) is 0.766. The monoisotopic (exact) mass is 372 g/mol. The zero-order chi connectivity index (χ0) is 18.8. The number of carboxylic acids is 1. The highest BCUT2D eigenvalue weighted by molar-refractivity contribution is 7.89. The SMILES string of the molecule is COc1ccc(C(=O)N2CCOC(C(=O)O)C2)cc1S(=O)(=O)N(C)C. The van der Waals surface area contributed by atoms with E-state index in [4.69, 9.17) is 14.6 Å². The van der Waals surface area contributed by atoms with Crippen molar-refractivity contribution in [1.82, 2.24) is 9.21 Å². The number of carboxylic acid groups (broad SMARTS) is 1. The Morgan fingerprint density at radius 2 is 2.04 bits per heavy atom. The molecule has 1 aromatic carbocycles. The molecule has 1 aliphatic rings. The number of hydrogen-bond acceptors (Lipinski definition) is 6. The Morgan fingerprint density at radius 3 is 2.60 bits per heavy atom. The van der Waals surface area contributed by atoms with Crippen molar-refractivity contribution < 1.29 is 32.6 Å². The van der Waals surface area contributed by atoms with Crippen LogP contribution in [0, 0.1) is 0 Å². The van der Waals surface area contributed by atoms with E-state index in [1.54, 1.807) is 0 Å². The molecule has 0 aliphatic carbocycles. The summed E-state index contributed by atoms with van der Waals surface area (Å²) in [6, 6.07) is 4.08. The van der Waals surface area contributed by atoms with Crippen molar-refractivity contribution in [2.24, 2.45) is 0 Å². The molecule has 1 unspecified atom stereocenters. The summed E-state index contributed by atoms with van der Waals surface area (Å²) >= 11 is 0. The minimum Gasteiger partial charge on any atom is -0.495 e. The third kappa shape index (κ3) is 3.91. The summed E-state index contributed by atoms with van der Waals surface area (Å²) in [5.41, 5.74) is 0.132. The Morgan fingerprint density at radius 1 is 1.36 bits per heavy atom. The fourth-order valence-electron chi connectivity index (χ4n) is 2.37. The number of ether oxygens (including phenoxy) is 2. The van der Waals surface area contributed by atoms with Gasteiger partial charge in [-0.15, -0.1) is 0 Å². The maximum Gasteiger partial charge on any atom is 0.334 e. The third-order valence-corrected chi connectivity index (χ3v) is 5.63. The van der Waals surface area contributed by atoms with E-state index in [1.165, 1.54) is 44.3 Å². The Balaban J connectivity index is 2.37. The average molecular weight is 372 g/mol. The predicted octanol–water partition coefficient (Wildman–Crippen LogP) is -0.129. The van der Waals surface area contributed by atoms with E-state index < -0.39 is 28.0 Å². The van der Waals surface area contributed by atoms with E-state index in [0.29, 0.717) is 0 Å². The van der Waals surface area contributed by atoms with Gasteiger partial charge in [0.25, 0.3) is 5.91 Å². The molecule has 1 amide bonds. The van der Waals surface area contributed by atoms with Gasteiger partial charge < -0.3 is 19.5 Å². The molecule has 1 heterocycles. The summed E-state index contributed by atoms with van der Waals surface area (Å²) in [7, 11) is 0.282. The second-order valence-corrected chi connectivity index (χ2v) is 7.72. The molecule has 0 radical (unpaired) electrons. The van der Waals surface area contributed by atoms with Crippen LogP contribution < -0.4 is 4.74 Å². The highest BCUT2D eigenvalue weighted by Gasteiger charge is 2.31. The number of hydrogen-bond donors (Lipinski definition) is 1. The van der Waals surface area contributed by atoms with Crippen LogP contribution in [-0.4, -0.2) is 81.6 Å². The first kappa shape index (κ1) is 19.2. The second kappa shape index (κ2) is 7.38. The van der Waals surface area contributed by atoms with Crippen LogP contribution in [0.3, 0.4) is 0 Å². The first-order valence-electron chi connectivity index (χ1n) is 7.42. The van der Waals surface area contributed by atoms with Gasteiger partial charge in [-0.3, -0.25) is 4.79 Å². The minimum atomic E-state index is -3.81. The topological polar surface area (TPSA) is 113 Å². The molecule has 138 valence electrons. The molecule has 1 fully saturated rings. The van der Waals surface area contributed by atoms with Crippen LogP contribution in [0.5, 0.6) is 5.75 Å². The van der Waals surface area contributed by atoms with E-state index in [0.717, 1.165) is 4.31 Å². The normalized spacial score (nSPS) is 18.2. The van der Waals surface area contributed by atoms with Crippen LogP contribution in [0.1, 0.15) is 10.4 Å². The van der Waals surface area contributed by atoms with Crippen molar-refractivity contribution in [3.05, 3.63) is 23.8 Å². The van der Waals surface area contributed by atoms with Crippen molar-refractivity contribution in [3.8, 4) is 5.75 Å². The number of aliphatic carboxylic acids is 1. The molecular formula is C15H20N2O7S. The average Bonchev–Trinajstić information content (AvgIpc) is 2.60. The standard InChI is InChI=1S/C15H20N2O7S/c1-16(2)25(21,22)13-8-10(4-5-11(13)23-3)14(18)17-6-7-24-12(9-17)15(19)20/h4-5,8,12H,6-7,9H2,1-3H3,(H,19,20). The van der Waals surface area contributed by atoms with Gasteiger partial charge in [-0.25, -0.2) is 17.5 Å². The van der Waals surface area contributed by atoms with Crippen LogP contribution >= 0.6 is 0 Å². The predicted molar refractivity (Wildman–Crippen MR) is 87.1 cm³/mol. The number of morpholine rings is 1. The van der Waals surface area contributed by atoms with Crippen LogP contribution in [-0.2, 0) is 19.6 Å². The van der Waals surface area contributed by atoms with Crippen molar-refractivity contribution >= 4 is 21.9 Å². The van der Waals surface area contributed by atoms with Crippen LogP contribution in [0.25, 0.3) is 0 Å². The summed E-state index contributed by atoms with van der Waals surface area (Å²) in [6.07, 6.45) is -1.10. The maximum atomic E-state index is 12.6. The summed E-state index contributed by atoms with van der Waals surface area (Å²) < 4.78 is 36.0. The number of carbonyl (C=O) groups is 2. The lowest BCUT2D eigenvalue weighted by molar-refractivity contribution is -0.154. The summed E-state index contributed by atoms with van der Waals surface area (Å²) in [5, 5.41) is 9.02. The third-order valence-electron chi connectivity index (χ3n) is 3.80. The highest BCUT2D eigenvalue weighted by Crippen LogP contribution is 2.27. The number of benzene rings is 1. The lowest BCUT2D eigenvalue weighted by atomic mass is 10.1. The van der Waals surface area contributed by atoms with E-state index in [2.05, 4.69) is 0 Å².